The maximum atomic E-state index is 5.73. The molecule has 0 radical (unpaired) electrons. The average Bonchev–Trinajstić information content (AvgIpc) is 2.91. The van der Waals surface area contributed by atoms with Gasteiger partial charge in [-0.1, -0.05) is 0 Å². The summed E-state index contributed by atoms with van der Waals surface area (Å²) in [4.78, 5) is 4.98. The summed E-state index contributed by atoms with van der Waals surface area (Å²) in [5, 5.41) is 3.51. The molecule has 4 heteroatoms. The lowest BCUT2D eigenvalue weighted by molar-refractivity contribution is 0.0873. The molecule has 0 aliphatic carbocycles. The maximum absolute atomic E-state index is 5.73. The van der Waals surface area contributed by atoms with E-state index in [2.05, 4.69) is 36.3 Å². The summed E-state index contributed by atoms with van der Waals surface area (Å²) in [7, 11) is 6.61. The van der Waals surface area contributed by atoms with Crippen LogP contribution in [0.25, 0.3) is 0 Å². The summed E-state index contributed by atoms with van der Waals surface area (Å²) in [6, 6.07) is 1.32. The maximum Gasteiger partial charge on any atom is 0.0576 e. The molecule has 0 spiro atoms. The van der Waals surface area contributed by atoms with Crippen molar-refractivity contribution in [3.05, 3.63) is 0 Å². The second-order valence-electron chi connectivity index (χ2n) is 6.33. The number of rotatable bonds is 6. The van der Waals surface area contributed by atoms with Crippen LogP contribution in [0.4, 0.5) is 0 Å². The van der Waals surface area contributed by atoms with Crippen LogP contribution in [0.1, 0.15) is 32.1 Å². The minimum absolute atomic E-state index is 0.530. The van der Waals surface area contributed by atoms with Gasteiger partial charge in [0.2, 0.25) is 0 Å². The molecule has 2 rings (SSSR count). The lowest BCUT2D eigenvalue weighted by Gasteiger charge is -2.39. The van der Waals surface area contributed by atoms with Crippen LogP contribution in [-0.2, 0) is 4.74 Å². The summed E-state index contributed by atoms with van der Waals surface area (Å²) in [6.07, 6.45) is 6.77. The van der Waals surface area contributed by atoms with E-state index >= 15 is 0 Å². The quantitative estimate of drug-likeness (QED) is 0.783. The van der Waals surface area contributed by atoms with Crippen molar-refractivity contribution in [2.24, 2.45) is 0 Å². The molecule has 4 nitrogen and oxygen atoms in total. The SMILES string of the molecule is CNC(CCC1CCCO1)CC1CN(C)CCN1C. The molecule has 0 aromatic rings. The Balaban J connectivity index is 1.73. The Kier molecular flexibility index (Phi) is 6.07. The smallest absolute Gasteiger partial charge is 0.0576 e. The monoisotopic (exact) mass is 269 g/mol. The zero-order chi connectivity index (χ0) is 13.7. The van der Waals surface area contributed by atoms with Gasteiger partial charge in [-0.05, 0) is 53.2 Å². The number of hydrogen-bond donors (Lipinski definition) is 1. The predicted molar refractivity (Wildman–Crippen MR) is 79.6 cm³/mol. The Labute approximate surface area is 118 Å². The van der Waals surface area contributed by atoms with Crippen LogP contribution in [0, 0.1) is 0 Å². The van der Waals surface area contributed by atoms with Crippen molar-refractivity contribution in [1.82, 2.24) is 15.1 Å². The summed E-state index contributed by atoms with van der Waals surface area (Å²) in [5.74, 6) is 0. The van der Waals surface area contributed by atoms with Crippen molar-refractivity contribution in [2.45, 2.75) is 50.3 Å². The van der Waals surface area contributed by atoms with Gasteiger partial charge >= 0.3 is 0 Å². The second-order valence-corrected chi connectivity index (χ2v) is 6.33. The van der Waals surface area contributed by atoms with Gasteiger partial charge in [0.1, 0.15) is 0 Å². The predicted octanol–water partition coefficient (Wildman–Crippen LogP) is 1.17. The van der Waals surface area contributed by atoms with Crippen LogP contribution in [0.5, 0.6) is 0 Å². The highest BCUT2D eigenvalue weighted by Gasteiger charge is 2.25. The summed E-state index contributed by atoms with van der Waals surface area (Å²) in [6.45, 7) is 4.58. The second kappa shape index (κ2) is 7.58. The van der Waals surface area contributed by atoms with Gasteiger partial charge in [-0.3, -0.25) is 0 Å². The first-order valence-electron chi connectivity index (χ1n) is 7.86. The third-order valence-electron chi connectivity index (χ3n) is 4.81. The number of nitrogens with one attached hydrogen (secondary N) is 1. The molecule has 112 valence electrons. The van der Waals surface area contributed by atoms with Crippen LogP contribution in [0.3, 0.4) is 0 Å². The first-order valence-corrected chi connectivity index (χ1v) is 7.86. The lowest BCUT2D eigenvalue weighted by atomic mass is 9.98. The molecular formula is C15H31N3O. The summed E-state index contributed by atoms with van der Waals surface area (Å²) in [5.41, 5.74) is 0. The largest absolute Gasteiger partial charge is 0.378 e. The van der Waals surface area contributed by atoms with Gasteiger partial charge in [-0.25, -0.2) is 0 Å². The number of likely N-dealkylation sites (N-methyl/N-ethyl adjacent to an activating group) is 2. The molecule has 0 amide bonds. The zero-order valence-corrected chi connectivity index (χ0v) is 12.9. The molecular weight excluding hydrogens is 238 g/mol. The van der Waals surface area contributed by atoms with E-state index in [9.17, 15) is 0 Å². The molecule has 0 aromatic carbocycles. The van der Waals surface area contributed by atoms with E-state index in [4.69, 9.17) is 4.74 Å². The van der Waals surface area contributed by atoms with Gasteiger partial charge in [-0.2, -0.15) is 0 Å². The van der Waals surface area contributed by atoms with E-state index in [1.807, 2.05) is 0 Å². The number of hydrogen-bond acceptors (Lipinski definition) is 4. The van der Waals surface area contributed by atoms with Crippen LogP contribution in [-0.4, -0.2) is 75.4 Å². The van der Waals surface area contributed by atoms with E-state index in [0.29, 0.717) is 18.2 Å². The first-order chi connectivity index (χ1) is 9.19. The highest BCUT2D eigenvalue weighted by molar-refractivity contribution is 4.83. The lowest BCUT2D eigenvalue weighted by Crippen LogP contribution is -2.52. The molecule has 0 saturated carbocycles. The molecule has 3 unspecified atom stereocenters. The summed E-state index contributed by atoms with van der Waals surface area (Å²) < 4.78 is 5.73. The average molecular weight is 269 g/mol. The molecule has 19 heavy (non-hydrogen) atoms. The molecule has 3 atom stereocenters. The Morgan fingerprint density at radius 1 is 1.32 bits per heavy atom. The van der Waals surface area contributed by atoms with Crippen LogP contribution in [0.15, 0.2) is 0 Å². The summed E-state index contributed by atoms with van der Waals surface area (Å²) >= 11 is 0. The topological polar surface area (TPSA) is 27.7 Å². The molecule has 2 aliphatic heterocycles. The van der Waals surface area contributed by atoms with Crippen LogP contribution >= 0.6 is 0 Å². The van der Waals surface area contributed by atoms with Crippen molar-refractivity contribution in [3.63, 3.8) is 0 Å². The fraction of sp³-hybridized carbons (Fsp3) is 1.00. The van der Waals surface area contributed by atoms with Gasteiger partial charge in [0.05, 0.1) is 6.10 Å². The zero-order valence-electron chi connectivity index (χ0n) is 12.9. The van der Waals surface area contributed by atoms with Crippen LogP contribution in [0.2, 0.25) is 0 Å². The Morgan fingerprint density at radius 3 is 2.84 bits per heavy atom. The number of nitrogens with zero attached hydrogens (tertiary/aromatic N) is 2. The van der Waals surface area contributed by atoms with E-state index < -0.39 is 0 Å². The van der Waals surface area contributed by atoms with Crippen molar-refractivity contribution in [3.8, 4) is 0 Å². The van der Waals surface area contributed by atoms with Gasteiger partial charge in [0.25, 0.3) is 0 Å². The molecule has 2 saturated heterocycles. The molecule has 2 aliphatic rings. The molecule has 2 fully saturated rings. The normalized spacial score (nSPS) is 31.7. The van der Waals surface area contributed by atoms with E-state index in [1.54, 1.807) is 0 Å². The third kappa shape index (κ3) is 4.71. The Bertz CT molecular complexity index is 256. The fourth-order valence-electron chi connectivity index (χ4n) is 3.32. The highest BCUT2D eigenvalue weighted by Crippen LogP contribution is 2.20. The minimum Gasteiger partial charge on any atom is -0.378 e. The van der Waals surface area contributed by atoms with Gasteiger partial charge in [0.15, 0.2) is 0 Å². The van der Waals surface area contributed by atoms with E-state index in [-0.39, 0.29) is 0 Å². The molecule has 2 heterocycles. The molecule has 1 N–H and O–H groups in total. The van der Waals surface area contributed by atoms with Gasteiger partial charge in [0, 0.05) is 38.3 Å². The molecule has 0 bridgehead atoms. The Hall–Kier alpha value is -0.160. The fourth-order valence-corrected chi connectivity index (χ4v) is 3.32. The van der Waals surface area contributed by atoms with Gasteiger partial charge in [-0.15, -0.1) is 0 Å². The van der Waals surface area contributed by atoms with E-state index in [1.165, 1.54) is 51.7 Å². The van der Waals surface area contributed by atoms with Crippen molar-refractivity contribution >= 4 is 0 Å². The Morgan fingerprint density at radius 2 is 2.16 bits per heavy atom. The van der Waals surface area contributed by atoms with Gasteiger partial charge < -0.3 is 19.9 Å². The highest BCUT2D eigenvalue weighted by atomic mass is 16.5. The molecule has 0 aromatic heterocycles. The number of ether oxygens (including phenoxy) is 1. The minimum atomic E-state index is 0.530. The van der Waals surface area contributed by atoms with Crippen molar-refractivity contribution < 1.29 is 4.74 Å². The van der Waals surface area contributed by atoms with Crippen molar-refractivity contribution in [2.75, 3.05) is 47.4 Å². The van der Waals surface area contributed by atoms with Crippen LogP contribution < -0.4 is 5.32 Å². The standard InChI is InChI=1S/C15H31N3O/c1-16-13(6-7-15-5-4-10-19-15)11-14-12-17(2)8-9-18(14)3/h13-16H,4-12H2,1-3H3. The third-order valence-corrected chi connectivity index (χ3v) is 4.81. The van der Waals surface area contributed by atoms with E-state index in [0.717, 1.165) is 6.61 Å². The number of piperazine rings is 1. The van der Waals surface area contributed by atoms with Crippen molar-refractivity contribution in [1.29, 1.82) is 0 Å². The first kappa shape index (κ1) is 15.2.